The van der Waals surface area contributed by atoms with Crippen molar-refractivity contribution in [3.63, 3.8) is 0 Å². The standard InChI is InChI=1S/C23H36N4O2S.C21H32N4O2S/c1-4-7-14-26-15-10-19(11-16-26)22-18-24-23-9-8-20(17-21(22)23)25-30(28,29)27(12-5-2)13-6-3;1-5-12-24-13-10-17(11-14-24)21-16(4)22-20-9-8-18(15-19(20)21)23-28(26,27)25(6-2)7-3/h8-10,17-18,24-25H,4-7,11-16H2,1-3H3;8-10,15,22-23H,5-7,11-14H2,1-4H3. The fraction of sp³-hybridized carbons (Fsp3) is 0.545. The lowest BCUT2D eigenvalue weighted by Crippen LogP contribution is -2.37. The Hall–Kier alpha value is -3.66. The van der Waals surface area contributed by atoms with E-state index in [9.17, 15) is 16.8 Å². The van der Waals surface area contributed by atoms with Crippen LogP contribution < -0.4 is 9.44 Å². The molecule has 0 unspecified atom stereocenters. The Bertz CT molecular complexity index is 2230. The van der Waals surface area contributed by atoms with Crippen LogP contribution in [0.4, 0.5) is 11.4 Å². The summed E-state index contributed by atoms with van der Waals surface area (Å²) >= 11 is 0. The van der Waals surface area contributed by atoms with Crippen LogP contribution in [0, 0.1) is 6.92 Å². The molecule has 14 heteroatoms. The Morgan fingerprint density at radius 1 is 0.672 bits per heavy atom. The van der Waals surface area contributed by atoms with E-state index >= 15 is 0 Å². The van der Waals surface area contributed by atoms with E-state index in [2.05, 4.69) is 68.3 Å². The Morgan fingerprint density at radius 2 is 1.24 bits per heavy atom. The molecule has 4 N–H and O–H groups in total. The van der Waals surface area contributed by atoms with Crippen molar-refractivity contribution in [2.75, 3.05) is 74.9 Å². The quantitative estimate of drug-likeness (QED) is 0.0746. The van der Waals surface area contributed by atoms with Crippen molar-refractivity contribution in [2.24, 2.45) is 0 Å². The van der Waals surface area contributed by atoms with E-state index in [-0.39, 0.29) is 0 Å². The van der Waals surface area contributed by atoms with Crippen LogP contribution in [0.5, 0.6) is 0 Å². The normalized spacial score (nSPS) is 15.8. The van der Waals surface area contributed by atoms with E-state index < -0.39 is 20.4 Å². The van der Waals surface area contributed by atoms with Crippen LogP contribution in [0.25, 0.3) is 33.0 Å². The molecule has 2 aromatic heterocycles. The lowest BCUT2D eigenvalue weighted by atomic mass is 9.96. The molecule has 4 heterocycles. The van der Waals surface area contributed by atoms with Crippen molar-refractivity contribution in [2.45, 2.75) is 93.4 Å². The number of unbranched alkanes of at least 4 members (excludes halogenated alkanes) is 1. The average molecular weight is 837 g/mol. The van der Waals surface area contributed by atoms with Crippen LogP contribution in [0.3, 0.4) is 0 Å². The van der Waals surface area contributed by atoms with Gasteiger partial charge in [0.2, 0.25) is 0 Å². The molecule has 320 valence electrons. The van der Waals surface area contributed by atoms with Gasteiger partial charge in [-0.3, -0.25) is 19.2 Å². The summed E-state index contributed by atoms with van der Waals surface area (Å²) in [7, 11) is -7.09. The molecule has 2 aliphatic rings. The largest absolute Gasteiger partial charge is 0.361 e. The summed E-state index contributed by atoms with van der Waals surface area (Å²) in [6, 6.07) is 11.5. The van der Waals surface area contributed by atoms with Crippen LogP contribution in [-0.4, -0.2) is 111 Å². The fourth-order valence-electron chi connectivity index (χ4n) is 8.09. The van der Waals surface area contributed by atoms with Gasteiger partial charge in [-0.15, -0.1) is 0 Å². The maximum atomic E-state index is 12.9. The van der Waals surface area contributed by atoms with Gasteiger partial charge in [-0.2, -0.15) is 25.4 Å². The minimum absolute atomic E-state index is 0.448. The number of nitrogens with zero attached hydrogens (tertiary/aromatic N) is 4. The second kappa shape index (κ2) is 21.0. The Labute approximate surface area is 348 Å². The van der Waals surface area contributed by atoms with Gasteiger partial charge in [-0.25, -0.2) is 0 Å². The van der Waals surface area contributed by atoms with Gasteiger partial charge in [0.25, 0.3) is 0 Å². The van der Waals surface area contributed by atoms with E-state index in [0.717, 1.165) is 92.5 Å². The minimum atomic E-state index is -3.55. The highest BCUT2D eigenvalue weighted by Gasteiger charge is 2.23. The highest BCUT2D eigenvalue weighted by molar-refractivity contribution is 7.90. The highest BCUT2D eigenvalue weighted by Crippen LogP contribution is 2.35. The van der Waals surface area contributed by atoms with Crippen molar-refractivity contribution >= 4 is 64.7 Å². The van der Waals surface area contributed by atoms with E-state index in [1.54, 1.807) is 0 Å². The molecule has 2 aromatic carbocycles. The molecule has 0 radical (unpaired) electrons. The first-order chi connectivity index (χ1) is 27.9. The van der Waals surface area contributed by atoms with Crippen molar-refractivity contribution < 1.29 is 16.8 Å². The zero-order valence-corrected chi connectivity index (χ0v) is 37.6. The first-order valence-corrected chi connectivity index (χ1v) is 24.4. The van der Waals surface area contributed by atoms with Crippen molar-refractivity contribution in [1.82, 2.24) is 28.4 Å². The van der Waals surface area contributed by atoms with Crippen molar-refractivity contribution in [3.8, 4) is 0 Å². The molecule has 2 aliphatic heterocycles. The second-order valence-corrected chi connectivity index (χ2v) is 18.8. The van der Waals surface area contributed by atoms with Crippen LogP contribution in [0.2, 0.25) is 0 Å². The van der Waals surface area contributed by atoms with Gasteiger partial charge < -0.3 is 9.97 Å². The van der Waals surface area contributed by atoms with E-state index in [1.807, 2.05) is 64.1 Å². The van der Waals surface area contributed by atoms with E-state index in [0.29, 0.717) is 37.6 Å². The number of nitrogens with one attached hydrogen (secondary N) is 4. The van der Waals surface area contributed by atoms with Crippen LogP contribution >= 0.6 is 0 Å². The summed E-state index contributed by atoms with van der Waals surface area (Å²) in [5.74, 6) is 0. The lowest BCUT2D eigenvalue weighted by molar-refractivity contribution is 0.297. The number of rotatable bonds is 19. The first-order valence-electron chi connectivity index (χ1n) is 21.5. The number of hydrogen-bond donors (Lipinski definition) is 4. The van der Waals surface area contributed by atoms with Gasteiger partial charge in [0.15, 0.2) is 0 Å². The van der Waals surface area contributed by atoms with Gasteiger partial charge in [0.1, 0.15) is 0 Å². The second-order valence-electron chi connectivity index (χ2n) is 15.5. The SMILES string of the molecule is CCCCN1CC=C(c2c[nH]c3ccc(NS(=O)(=O)N(CCC)CCC)cc23)CC1.CCCN1CC=C(c2c(C)[nH]c3ccc(NS(=O)(=O)N(CC)CC)cc23)CC1. The average Bonchev–Trinajstić information content (AvgIpc) is 3.77. The maximum Gasteiger partial charge on any atom is 0.301 e. The number of aromatic amines is 2. The van der Waals surface area contributed by atoms with Crippen molar-refractivity contribution in [3.05, 3.63) is 71.6 Å². The third-order valence-electron chi connectivity index (χ3n) is 11.1. The number of fused-ring (bicyclic) bond motifs is 2. The summed E-state index contributed by atoms with van der Waals surface area (Å²) in [6.45, 7) is 22.6. The van der Waals surface area contributed by atoms with Gasteiger partial charge >= 0.3 is 20.4 Å². The minimum Gasteiger partial charge on any atom is -0.361 e. The molecule has 0 aliphatic carbocycles. The molecule has 0 saturated heterocycles. The molecule has 0 bridgehead atoms. The first kappa shape index (κ1) is 45.4. The van der Waals surface area contributed by atoms with Gasteiger partial charge in [0, 0.05) is 97.2 Å². The predicted molar refractivity (Wildman–Crippen MR) is 245 cm³/mol. The number of hydrogen-bond acceptors (Lipinski definition) is 6. The molecule has 4 aromatic rings. The summed E-state index contributed by atoms with van der Waals surface area (Å²) in [5, 5.41) is 2.15. The third-order valence-corrected chi connectivity index (χ3v) is 14.3. The van der Waals surface area contributed by atoms with Crippen LogP contribution in [0.15, 0.2) is 54.7 Å². The van der Waals surface area contributed by atoms with E-state index in [1.165, 1.54) is 50.1 Å². The smallest absolute Gasteiger partial charge is 0.301 e. The predicted octanol–water partition coefficient (Wildman–Crippen LogP) is 8.81. The van der Waals surface area contributed by atoms with Crippen LogP contribution in [-0.2, 0) is 20.4 Å². The lowest BCUT2D eigenvalue weighted by Gasteiger charge is -2.26. The van der Waals surface area contributed by atoms with E-state index in [4.69, 9.17) is 0 Å². The van der Waals surface area contributed by atoms with Gasteiger partial charge in [0.05, 0.1) is 11.4 Å². The molecule has 12 nitrogen and oxygen atoms in total. The van der Waals surface area contributed by atoms with Gasteiger partial charge in [-0.1, -0.05) is 60.1 Å². The van der Waals surface area contributed by atoms with Gasteiger partial charge in [-0.05, 0) is 106 Å². The summed E-state index contributed by atoms with van der Waals surface area (Å²) < 4.78 is 59.3. The summed E-state index contributed by atoms with van der Waals surface area (Å²) in [4.78, 5) is 11.8. The Morgan fingerprint density at radius 3 is 1.79 bits per heavy atom. The zero-order valence-electron chi connectivity index (χ0n) is 36.0. The topological polar surface area (TPSA) is 137 Å². The number of benzene rings is 2. The molecular formula is C44H68N8O4S2. The van der Waals surface area contributed by atoms with Crippen molar-refractivity contribution in [1.29, 1.82) is 0 Å². The van der Waals surface area contributed by atoms with Crippen LogP contribution in [0.1, 0.15) is 103 Å². The Kier molecular flexibility index (Phi) is 16.5. The molecule has 6 rings (SSSR count). The third kappa shape index (κ3) is 11.3. The zero-order chi connectivity index (χ0) is 41.9. The maximum absolute atomic E-state index is 12.9. The Balaban J connectivity index is 0.000000221. The molecule has 0 atom stereocenters. The monoisotopic (exact) mass is 836 g/mol. The summed E-state index contributed by atoms with van der Waals surface area (Å²) in [5.41, 5.74) is 9.50. The molecule has 0 fully saturated rings. The summed E-state index contributed by atoms with van der Waals surface area (Å²) in [6.07, 6.45) is 14.0. The molecule has 0 amide bonds. The molecule has 58 heavy (non-hydrogen) atoms. The fourth-order valence-corrected chi connectivity index (χ4v) is 10.7. The number of anilines is 2. The molecule has 0 saturated carbocycles. The number of aromatic nitrogens is 2. The number of aryl methyl sites for hydroxylation is 1. The molecular weight excluding hydrogens is 769 g/mol. The molecule has 0 spiro atoms. The highest BCUT2D eigenvalue weighted by atomic mass is 32.2. The number of H-pyrrole nitrogens is 2.